The van der Waals surface area contributed by atoms with Gasteiger partial charge in [0, 0.05) is 10.5 Å². The predicted molar refractivity (Wildman–Crippen MR) is 77.4 cm³/mol. The van der Waals surface area contributed by atoms with Gasteiger partial charge in [-0.3, -0.25) is 0 Å². The Hall–Kier alpha value is -0.340. The van der Waals surface area contributed by atoms with Crippen molar-refractivity contribution in [2.24, 2.45) is 5.92 Å². The predicted octanol–water partition coefficient (Wildman–Crippen LogP) is 4.11. The molecule has 1 nitrogen and oxygen atoms in total. The number of hydrogen-bond donors (Lipinski definition) is 1. The number of nitrogens with one attached hydrogen (secondary N) is 1. The topological polar surface area (TPSA) is 12.0 Å². The van der Waals surface area contributed by atoms with E-state index in [0.717, 1.165) is 12.5 Å². The molecule has 2 heteroatoms. The third-order valence-corrected chi connectivity index (χ3v) is 4.58. The second-order valence-electron chi connectivity index (χ2n) is 5.48. The fourth-order valence-electron chi connectivity index (χ4n) is 2.80. The van der Waals surface area contributed by atoms with E-state index in [1.54, 1.807) is 0 Å². The monoisotopic (exact) mass is 295 g/mol. The lowest BCUT2D eigenvalue weighted by atomic mass is 9.90. The first-order chi connectivity index (χ1) is 8.08. The zero-order valence-electron chi connectivity index (χ0n) is 11.0. The first-order valence-electron chi connectivity index (χ1n) is 6.58. The van der Waals surface area contributed by atoms with Gasteiger partial charge in [0.2, 0.25) is 0 Å². The Morgan fingerprint density at radius 3 is 2.53 bits per heavy atom. The van der Waals surface area contributed by atoms with E-state index in [1.807, 2.05) is 0 Å². The Morgan fingerprint density at radius 2 is 2.00 bits per heavy atom. The molecule has 94 valence electrons. The molecule has 0 amide bonds. The molecule has 0 heterocycles. The maximum Gasteiger partial charge on any atom is 0.0175 e. The molecular weight excluding hydrogens is 274 g/mol. The van der Waals surface area contributed by atoms with Crippen LogP contribution in [-0.2, 0) is 5.41 Å². The first-order valence-corrected chi connectivity index (χ1v) is 7.37. The zero-order chi connectivity index (χ0) is 12.5. The van der Waals surface area contributed by atoms with Crippen molar-refractivity contribution in [1.29, 1.82) is 0 Å². The maximum atomic E-state index is 3.57. The van der Waals surface area contributed by atoms with Crippen LogP contribution in [0, 0.1) is 5.92 Å². The van der Waals surface area contributed by atoms with E-state index in [1.165, 1.54) is 22.9 Å². The second kappa shape index (κ2) is 5.11. The summed E-state index contributed by atoms with van der Waals surface area (Å²) in [6, 6.07) is 9.48. The highest BCUT2D eigenvalue weighted by Crippen LogP contribution is 2.56. The Labute approximate surface area is 113 Å². The van der Waals surface area contributed by atoms with Crippen LogP contribution in [0.3, 0.4) is 0 Å². The van der Waals surface area contributed by atoms with Crippen molar-refractivity contribution in [2.75, 3.05) is 6.54 Å². The Kier molecular flexibility index (Phi) is 3.94. The summed E-state index contributed by atoms with van der Waals surface area (Å²) < 4.78 is 1.17. The number of rotatable bonds is 5. The Balaban J connectivity index is 2.05. The summed E-state index contributed by atoms with van der Waals surface area (Å²) in [4.78, 5) is 0. The van der Waals surface area contributed by atoms with Crippen molar-refractivity contribution < 1.29 is 0 Å². The molecule has 0 aromatic heterocycles. The number of halogens is 1. The van der Waals surface area contributed by atoms with E-state index < -0.39 is 0 Å². The van der Waals surface area contributed by atoms with Gasteiger partial charge in [0.15, 0.2) is 0 Å². The molecule has 1 N–H and O–H groups in total. The maximum absolute atomic E-state index is 3.57. The van der Waals surface area contributed by atoms with Gasteiger partial charge < -0.3 is 5.32 Å². The molecule has 0 bridgehead atoms. The first kappa shape index (κ1) is 13.1. The van der Waals surface area contributed by atoms with Gasteiger partial charge in [0.1, 0.15) is 0 Å². The van der Waals surface area contributed by atoms with Crippen molar-refractivity contribution in [3.63, 3.8) is 0 Å². The molecule has 2 atom stereocenters. The normalized spacial score (nSPS) is 27.5. The summed E-state index contributed by atoms with van der Waals surface area (Å²) in [6.07, 6.45) is 2.59. The van der Waals surface area contributed by atoms with Crippen LogP contribution in [0.4, 0.5) is 0 Å². The van der Waals surface area contributed by atoms with Gasteiger partial charge in [-0.2, -0.15) is 0 Å². The van der Waals surface area contributed by atoms with E-state index in [0.29, 0.717) is 11.5 Å². The van der Waals surface area contributed by atoms with Crippen molar-refractivity contribution in [2.45, 2.75) is 45.1 Å². The molecule has 1 fully saturated rings. The van der Waals surface area contributed by atoms with E-state index >= 15 is 0 Å². The molecule has 1 aromatic carbocycles. The van der Waals surface area contributed by atoms with E-state index in [9.17, 15) is 0 Å². The fraction of sp³-hybridized carbons (Fsp3) is 0.600. The Morgan fingerprint density at radius 1 is 1.35 bits per heavy atom. The van der Waals surface area contributed by atoms with Crippen LogP contribution in [0.2, 0.25) is 0 Å². The largest absolute Gasteiger partial charge is 0.314 e. The zero-order valence-corrected chi connectivity index (χ0v) is 12.5. The van der Waals surface area contributed by atoms with Crippen LogP contribution >= 0.6 is 15.9 Å². The summed E-state index contributed by atoms with van der Waals surface area (Å²) in [6.45, 7) is 7.91. The SMILES string of the molecule is CCC1(c2ccc(Br)cc2)CC1CNC(C)C. The second-order valence-corrected chi connectivity index (χ2v) is 6.40. The van der Waals surface area contributed by atoms with E-state index in [-0.39, 0.29) is 0 Å². The summed E-state index contributed by atoms with van der Waals surface area (Å²) in [5.41, 5.74) is 1.96. The highest BCUT2D eigenvalue weighted by molar-refractivity contribution is 9.10. The van der Waals surface area contributed by atoms with Gasteiger partial charge in [-0.15, -0.1) is 0 Å². The van der Waals surface area contributed by atoms with Crippen LogP contribution in [0.5, 0.6) is 0 Å². The number of hydrogen-bond acceptors (Lipinski definition) is 1. The number of benzene rings is 1. The van der Waals surface area contributed by atoms with Gasteiger partial charge in [-0.1, -0.05) is 48.8 Å². The third-order valence-electron chi connectivity index (χ3n) is 4.05. The highest BCUT2D eigenvalue weighted by Gasteiger charge is 2.52. The van der Waals surface area contributed by atoms with Crippen LogP contribution in [0.25, 0.3) is 0 Å². The molecule has 17 heavy (non-hydrogen) atoms. The molecular formula is C15H22BrN. The molecule has 0 spiro atoms. The van der Waals surface area contributed by atoms with E-state index in [4.69, 9.17) is 0 Å². The lowest BCUT2D eigenvalue weighted by Crippen LogP contribution is -2.27. The molecule has 0 aliphatic heterocycles. The lowest BCUT2D eigenvalue weighted by Gasteiger charge is -2.17. The quantitative estimate of drug-likeness (QED) is 0.862. The van der Waals surface area contributed by atoms with Gasteiger partial charge >= 0.3 is 0 Å². The summed E-state index contributed by atoms with van der Waals surface area (Å²) in [5.74, 6) is 0.816. The van der Waals surface area contributed by atoms with Crippen LogP contribution in [0.1, 0.15) is 39.2 Å². The van der Waals surface area contributed by atoms with Gasteiger partial charge in [-0.05, 0) is 48.4 Å². The van der Waals surface area contributed by atoms with Gasteiger partial charge in [0.25, 0.3) is 0 Å². The Bertz CT molecular complexity index is 371. The van der Waals surface area contributed by atoms with Crippen LogP contribution in [0.15, 0.2) is 28.7 Å². The summed E-state index contributed by atoms with van der Waals surface area (Å²) >= 11 is 3.51. The molecule has 2 unspecified atom stereocenters. The standard InChI is InChI=1S/C15H22BrN/c1-4-15(9-13(15)10-17-11(2)3)12-5-7-14(16)8-6-12/h5-8,11,13,17H,4,9-10H2,1-3H3. The van der Waals surface area contributed by atoms with Crippen LogP contribution in [-0.4, -0.2) is 12.6 Å². The third kappa shape index (κ3) is 2.74. The molecule has 1 saturated carbocycles. The fourth-order valence-corrected chi connectivity index (χ4v) is 3.06. The summed E-state index contributed by atoms with van der Waals surface area (Å²) in [5, 5.41) is 3.57. The molecule has 0 saturated heterocycles. The molecule has 0 radical (unpaired) electrons. The smallest absolute Gasteiger partial charge is 0.0175 e. The minimum absolute atomic E-state index is 0.447. The van der Waals surface area contributed by atoms with Gasteiger partial charge in [-0.25, -0.2) is 0 Å². The summed E-state index contributed by atoms with van der Waals surface area (Å²) in [7, 11) is 0. The molecule has 2 rings (SSSR count). The minimum Gasteiger partial charge on any atom is -0.314 e. The average molecular weight is 296 g/mol. The van der Waals surface area contributed by atoms with Crippen molar-refractivity contribution in [1.82, 2.24) is 5.32 Å². The molecule has 1 aliphatic carbocycles. The van der Waals surface area contributed by atoms with Crippen LogP contribution < -0.4 is 5.32 Å². The van der Waals surface area contributed by atoms with E-state index in [2.05, 4.69) is 66.3 Å². The van der Waals surface area contributed by atoms with Gasteiger partial charge in [0.05, 0.1) is 0 Å². The minimum atomic E-state index is 0.447. The molecule has 1 aromatic rings. The average Bonchev–Trinajstić information content (AvgIpc) is 3.02. The van der Waals surface area contributed by atoms with Crippen molar-refractivity contribution in [3.05, 3.63) is 34.3 Å². The highest BCUT2D eigenvalue weighted by atomic mass is 79.9. The van der Waals surface area contributed by atoms with Crippen molar-refractivity contribution >= 4 is 15.9 Å². The van der Waals surface area contributed by atoms with Crippen molar-refractivity contribution in [3.8, 4) is 0 Å². The lowest BCUT2D eigenvalue weighted by molar-refractivity contribution is 0.506. The molecule has 1 aliphatic rings.